The normalized spacial score (nSPS) is 49.5. The topological polar surface area (TPSA) is 340 Å². The summed E-state index contributed by atoms with van der Waals surface area (Å²) in [5, 5.41) is 73.6. The predicted molar refractivity (Wildman–Crippen MR) is 159 cm³/mol. The van der Waals surface area contributed by atoms with Crippen molar-refractivity contribution in [2.45, 2.75) is 123 Å². The van der Waals surface area contributed by atoms with Gasteiger partial charge in [-0.15, -0.1) is 0 Å². The maximum absolute atomic E-state index is 11.5. The van der Waals surface area contributed by atoms with Crippen LogP contribution in [-0.4, -0.2) is 204 Å². The van der Waals surface area contributed by atoms with Crippen molar-refractivity contribution < 1.29 is 68.9 Å². The first-order valence-electron chi connectivity index (χ1n) is 15.8. The van der Waals surface area contributed by atoms with Crippen LogP contribution in [0.2, 0.25) is 0 Å². The Hall–Kier alpha value is -0.800. The molecule has 19 atom stereocenters. The first-order chi connectivity index (χ1) is 22.2. The lowest BCUT2D eigenvalue weighted by molar-refractivity contribution is -0.310. The summed E-state index contributed by atoms with van der Waals surface area (Å²) in [5.41, 5.74) is 30.4. The maximum atomic E-state index is 11.5. The number of hydrogen-bond donors (Lipinski definition) is 12. The molecule has 0 radical (unpaired) electrons. The van der Waals surface area contributed by atoms with Gasteiger partial charge in [-0.05, 0) is 20.5 Å². The highest BCUT2D eigenvalue weighted by molar-refractivity contribution is 5.02. The van der Waals surface area contributed by atoms with E-state index in [0.29, 0.717) is 13.2 Å². The molecule has 4 rings (SSSR count). The molecule has 20 nitrogen and oxygen atoms in total. The maximum Gasteiger partial charge on any atom is 0.187 e. The lowest BCUT2D eigenvalue weighted by atomic mass is 9.84. The lowest BCUT2D eigenvalue weighted by Gasteiger charge is -2.47. The highest BCUT2D eigenvalue weighted by Crippen LogP contribution is 2.34. The Morgan fingerprint density at radius 1 is 0.638 bits per heavy atom. The molecule has 4 fully saturated rings. The third-order valence-electron chi connectivity index (χ3n) is 9.10. The van der Waals surface area contributed by atoms with Gasteiger partial charge in [-0.3, -0.25) is 0 Å². The molecule has 1 saturated carbocycles. The highest BCUT2D eigenvalue weighted by atomic mass is 16.8. The molecular formula is C27H54N6O14. The number of aliphatic hydroxyl groups excluding tert-OH is 7. The Labute approximate surface area is 272 Å². The number of nitrogens with two attached hydrogens (primary N) is 5. The van der Waals surface area contributed by atoms with Gasteiger partial charge in [0, 0.05) is 25.2 Å². The third-order valence-corrected chi connectivity index (χ3v) is 9.10. The van der Waals surface area contributed by atoms with Gasteiger partial charge in [0.1, 0.15) is 67.1 Å². The molecule has 3 saturated heterocycles. The Morgan fingerprint density at radius 2 is 1.17 bits per heavy atom. The summed E-state index contributed by atoms with van der Waals surface area (Å²) in [6, 6.07) is -4.23. The summed E-state index contributed by atoms with van der Waals surface area (Å²) in [6.45, 7) is 0.00725. The summed E-state index contributed by atoms with van der Waals surface area (Å²) in [5.74, 6) is 0. The summed E-state index contributed by atoms with van der Waals surface area (Å²) in [7, 11) is 3.73. The van der Waals surface area contributed by atoms with Crippen molar-refractivity contribution in [2.75, 3.05) is 47.0 Å². The molecule has 4 aliphatic rings. The van der Waals surface area contributed by atoms with Gasteiger partial charge in [0.15, 0.2) is 18.9 Å². The van der Waals surface area contributed by atoms with Gasteiger partial charge in [0.25, 0.3) is 0 Å². The van der Waals surface area contributed by atoms with Gasteiger partial charge >= 0.3 is 0 Å². The fraction of sp³-hybridized carbons (Fsp3) is 1.00. The van der Waals surface area contributed by atoms with Crippen molar-refractivity contribution in [3.8, 4) is 0 Å². The lowest BCUT2D eigenvalue weighted by Crippen LogP contribution is -2.68. The number of likely N-dealkylation sites (N-methyl/N-ethyl adjacent to an activating group) is 1. The Kier molecular flexibility index (Phi) is 14.1. The van der Waals surface area contributed by atoms with Crippen molar-refractivity contribution in [3.63, 3.8) is 0 Å². The molecule has 0 unspecified atom stereocenters. The number of hydrogen-bond acceptors (Lipinski definition) is 20. The first kappa shape index (κ1) is 39.0. The highest BCUT2D eigenvalue weighted by Gasteiger charge is 2.54. The second-order valence-electron chi connectivity index (χ2n) is 12.9. The molecule has 1 aliphatic carbocycles. The van der Waals surface area contributed by atoms with Gasteiger partial charge < -0.3 is 102 Å². The summed E-state index contributed by atoms with van der Waals surface area (Å²) in [4.78, 5) is 1.90. The molecule has 0 aromatic heterocycles. The van der Waals surface area contributed by atoms with Crippen molar-refractivity contribution in [1.29, 1.82) is 0 Å². The molecular weight excluding hydrogens is 632 g/mol. The second-order valence-corrected chi connectivity index (χ2v) is 12.9. The molecule has 0 aromatic rings. The average molecular weight is 687 g/mol. The summed E-state index contributed by atoms with van der Waals surface area (Å²) >= 11 is 0. The van der Waals surface area contributed by atoms with Gasteiger partial charge in [0.2, 0.25) is 0 Å². The van der Waals surface area contributed by atoms with Crippen LogP contribution < -0.4 is 28.7 Å². The summed E-state index contributed by atoms with van der Waals surface area (Å²) < 4.78 is 41.3. The molecule has 3 heterocycles. The molecule has 17 N–H and O–H groups in total. The zero-order chi connectivity index (χ0) is 34.7. The average Bonchev–Trinajstić information content (AvgIpc) is 3.32. The molecule has 3 aliphatic heterocycles. The minimum atomic E-state index is -1.56. The predicted octanol–water partition coefficient (Wildman–Crippen LogP) is -8.28. The van der Waals surface area contributed by atoms with E-state index >= 15 is 0 Å². The van der Waals surface area contributed by atoms with Crippen LogP contribution in [0.15, 0.2) is 0 Å². The van der Waals surface area contributed by atoms with Crippen LogP contribution in [-0.2, 0) is 33.2 Å². The first-order valence-corrected chi connectivity index (χ1v) is 15.8. The van der Waals surface area contributed by atoms with E-state index in [9.17, 15) is 35.7 Å². The minimum Gasteiger partial charge on any atom is -0.394 e. The minimum absolute atomic E-state index is 0.0808. The number of nitrogens with zero attached hydrogens (tertiary/aromatic N) is 1. The zero-order valence-electron chi connectivity index (χ0n) is 26.5. The smallest absolute Gasteiger partial charge is 0.187 e. The third kappa shape index (κ3) is 8.75. The van der Waals surface area contributed by atoms with Gasteiger partial charge in [-0.1, -0.05) is 0 Å². The zero-order valence-corrected chi connectivity index (χ0v) is 26.5. The second kappa shape index (κ2) is 16.9. The van der Waals surface area contributed by atoms with E-state index < -0.39 is 123 Å². The standard InChI is InChI=1S/C27H54N6O14/c1-33(2)3-4-41-8-13-23(46-25-14(31)19(38)17(36)11(6-28)42-25)21(40)27(44-13)47-24-16(35)9(29)5-10(30)22(24)45-26-15(32)20(39)18(37)12(7-34)43-26/h9-27,34-40H,3-8,28-32H2,1-2H3/t9-,10+,11-,12-,13-,14+,15-,16+,17+,18-,19+,20-,21-,22-,23-,24-,25+,26-,27+/m1/s1. The van der Waals surface area contributed by atoms with Crippen LogP contribution in [0.5, 0.6) is 0 Å². The molecule has 0 spiro atoms. The fourth-order valence-corrected chi connectivity index (χ4v) is 6.13. The Bertz CT molecular complexity index is 962. The van der Waals surface area contributed by atoms with Crippen LogP contribution >= 0.6 is 0 Å². The molecule has 276 valence electrons. The Balaban J connectivity index is 1.53. The van der Waals surface area contributed by atoms with Crippen LogP contribution in [0, 0.1) is 0 Å². The monoisotopic (exact) mass is 686 g/mol. The van der Waals surface area contributed by atoms with E-state index in [1.54, 1.807) is 0 Å². The number of rotatable bonds is 13. The Morgan fingerprint density at radius 3 is 1.74 bits per heavy atom. The molecule has 20 heteroatoms. The molecule has 0 bridgehead atoms. The van der Waals surface area contributed by atoms with Crippen LogP contribution in [0.25, 0.3) is 0 Å². The summed E-state index contributed by atoms with van der Waals surface area (Å²) in [6.07, 6.45) is -19.8. The van der Waals surface area contributed by atoms with Crippen molar-refractivity contribution in [3.05, 3.63) is 0 Å². The van der Waals surface area contributed by atoms with Gasteiger partial charge in [-0.25, -0.2) is 0 Å². The van der Waals surface area contributed by atoms with Gasteiger partial charge in [0.05, 0.1) is 38.0 Å². The number of ether oxygens (including phenoxy) is 7. The SMILES string of the molecule is CN(C)CCOC[C@H]1O[C@@H](O[C@@H]2[C@@H](O)[C@H](N)C[C@H](N)[C@H]2O[C@H]2O[C@H](CO)[C@@H](O)[C@H](O)[C@H]2N)[C@H](O)[C@@H]1O[C@@H]1O[C@H](CN)[C@H](O)[C@@H](O)[C@@H]1N. The van der Waals surface area contributed by atoms with E-state index in [1.807, 2.05) is 19.0 Å². The fourth-order valence-electron chi connectivity index (χ4n) is 6.13. The molecule has 0 amide bonds. The largest absolute Gasteiger partial charge is 0.394 e. The van der Waals surface area contributed by atoms with E-state index in [1.165, 1.54) is 0 Å². The van der Waals surface area contributed by atoms with Crippen LogP contribution in [0.4, 0.5) is 0 Å². The van der Waals surface area contributed by atoms with Crippen LogP contribution in [0.1, 0.15) is 6.42 Å². The van der Waals surface area contributed by atoms with Crippen molar-refractivity contribution >= 4 is 0 Å². The van der Waals surface area contributed by atoms with Gasteiger partial charge in [-0.2, -0.15) is 0 Å². The quantitative estimate of drug-likeness (QED) is 0.0800. The van der Waals surface area contributed by atoms with Crippen molar-refractivity contribution in [2.24, 2.45) is 28.7 Å². The number of aliphatic hydroxyl groups is 7. The molecule has 47 heavy (non-hydrogen) atoms. The van der Waals surface area contributed by atoms with Crippen molar-refractivity contribution in [1.82, 2.24) is 4.90 Å². The molecule has 0 aromatic carbocycles. The van der Waals surface area contributed by atoms with E-state index in [2.05, 4.69) is 0 Å². The van der Waals surface area contributed by atoms with E-state index in [-0.39, 0.29) is 19.6 Å². The van der Waals surface area contributed by atoms with E-state index in [0.717, 1.165) is 0 Å². The van der Waals surface area contributed by atoms with E-state index in [4.69, 9.17) is 61.8 Å². The van der Waals surface area contributed by atoms with Crippen LogP contribution in [0.3, 0.4) is 0 Å².